The number of pyridine rings is 2. The Morgan fingerprint density at radius 1 is 0.909 bits per heavy atom. The number of hydrogen-bond acceptors (Lipinski definition) is 5. The number of fused-ring (bicyclic) bond motifs is 2. The van der Waals surface area contributed by atoms with Crippen LogP contribution < -0.4 is 5.32 Å². The Morgan fingerprint density at radius 3 is 2.68 bits per heavy atom. The molecule has 0 bridgehead atoms. The molecule has 6 heteroatoms. The van der Waals surface area contributed by atoms with E-state index in [-0.39, 0.29) is 5.91 Å². The minimum atomic E-state index is -0.273. The molecular formula is C16H10N4OS. The standard InChI is InChI=1S/C16H10N4OS/c21-15(13-8-7-10-11(18-13)5-3-9-17-10)20-16-19-12-4-1-2-6-14(12)22-16/h1-9H,(H,19,20,21). The van der Waals surface area contributed by atoms with Crippen molar-refractivity contribution in [3.8, 4) is 0 Å². The van der Waals surface area contributed by atoms with Crippen molar-refractivity contribution in [3.05, 3.63) is 60.4 Å². The maximum absolute atomic E-state index is 12.3. The monoisotopic (exact) mass is 306 g/mol. The molecule has 1 N–H and O–H groups in total. The third-order valence-corrected chi connectivity index (χ3v) is 4.16. The van der Waals surface area contributed by atoms with Crippen LogP contribution in [0.25, 0.3) is 21.3 Å². The molecule has 0 aliphatic heterocycles. The molecule has 22 heavy (non-hydrogen) atoms. The molecule has 1 amide bonds. The van der Waals surface area contributed by atoms with Crippen molar-refractivity contribution in [2.45, 2.75) is 0 Å². The van der Waals surface area contributed by atoms with E-state index in [1.807, 2.05) is 30.3 Å². The van der Waals surface area contributed by atoms with Crippen LogP contribution in [-0.2, 0) is 0 Å². The summed E-state index contributed by atoms with van der Waals surface area (Å²) in [4.78, 5) is 25.2. The summed E-state index contributed by atoms with van der Waals surface area (Å²) in [5, 5.41) is 3.37. The summed E-state index contributed by atoms with van der Waals surface area (Å²) >= 11 is 1.44. The zero-order valence-corrected chi connectivity index (χ0v) is 12.2. The van der Waals surface area contributed by atoms with E-state index in [1.54, 1.807) is 24.4 Å². The fraction of sp³-hybridized carbons (Fsp3) is 0. The van der Waals surface area contributed by atoms with Gasteiger partial charge in [-0.2, -0.15) is 0 Å². The van der Waals surface area contributed by atoms with Gasteiger partial charge in [-0.05, 0) is 36.4 Å². The number of hydrogen-bond donors (Lipinski definition) is 1. The molecule has 0 radical (unpaired) electrons. The zero-order chi connectivity index (χ0) is 14.9. The van der Waals surface area contributed by atoms with E-state index in [0.29, 0.717) is 16.3 Å². The number of thiazole rings is 1. The molecule has 0 saturated heterocycles. The molecule has 3 heterocycles. The summed E-state index contributed by atoms with van der Waals surface area (Å²) in [6.45, 7) is 0. The van der Waals surface area contributed by atoms with Gasteiger partial charge in [0.05, 0.1) is 21.3 Å². The van der Waals surface area contributed by atoms with Crippen molar-refractivity contribution in [2.75, 3.05) is 5.32 Å². The first-order valence-corrected chi connectivity index (χ1v) is 7.50. The molecule has 1 aromatic carbocycles. The maximum Gasteiger partial charge on any atom is 0.276 e. The summed E-state index contributed by atoms with van der Waals surface area (Å²) < 4.78 is 1.04. The predicted molar refractivity (Wildman–Crippen MR) is 87.1 cm³/mol. The first-order chi connectivity index (χ1) is 10.8. The lowest BCUT2D eigenvalue weighted by Gasteiger charge is -2.02. The van der Waals surface area contributed by atoms with Gasteiger partial charge in [0.25, 0.3) is 5.91 Å². The van der Waals surface area contributed by atoms with Crippen LogP contribution in [0.5, 0.6) is 0 Å². The number of aromatic nitrogens is 3. The average Bonchev–Trinajstić information content (AvgIpc) is 2.96. The third-order valence-electron chi connectivity index (χ3n) is 3.20. The van der Waals surface area contributed by atoms with Gasteiger partial charge in [-0.1, -0.05) is 23.5 Å². The summed E-state index contributed by atoms with van der Waals surface area (Å²) in [7, 11) is 0. The van der Waals surface area contributed by atoms with Crippen molar-refractivity contribution >= 4 is 43.6 Å². The van der Waals surface area contributed by atoms with Crippen LogP contribution in [0.15, 0.2) is 54.7 Å². The summed E-state index contributed by atoms with van der Waals surface area (Å²) in [6, 6.07) is 14.8. The lowest BCUT2D eigenvalue weighted by Crippen LogP contribution is -2.13. The number of rotatable bonds is 2. The van der Waals surface area contributed by atoms with Gasteiger partial charge in [0, 0.05) is 6.20 Å². The van der Waals surface area contributed by atoms with Gasteiger partial charge >= 0.3 is 0 Å². The van der Waals surface area contributed by atoms with E-state index < -0.39 is 0 Å². The average molecular weight is 306 g/mol. The highest BCUT2D eigenvalue weighted by Gasteiger charge is 2.11. The van der Waals surface area contributed by atoms with E-state index in [0.717, 1.165) is 15.7 Å². The normalized spacial score (nSPS) is 10.9. The number of carbonyl (C=O) groups excluding carboxylic acids is 1. The number of para-hydroxylation sites is 1. The van der Waals surface area contributed by atoms with E-state index in [9.17, 15) is 4.79 Å². The second-order valence-corrected chi connectivity index (χ2v) is 5.71. The first kappa shape index (κ1) is 12.8. The van der Waals surface area contributed by atoms with Gasteiger partial charge in [-0.3, -0.25) is 15.1 Å². The van der Waals surface area contributed by atoms with Crippen LogP contribution >= 0.6 is 11.3 Å². The summed E-state index contributed by atoms with van der Waals surface area (Å²) in [6.07, 6.45) is 1.70. The Bertz CT molecular complexity index is 962. The van der Waals surface area contributed by atoms with Crippen molar-refractivity contribution in [2.24, 2.45) is 0 Å². The Kier molecular flexibility index (Phi) is 3.01. The fourth-order valence-electron chi connectivity index (χ4n) is 2.17. The number of benzene rings is 1. The number of anilines is 1. The Hall–Kier alpha value is -2.86. The number of carbonyl (C=O) groups is 1. The van der Waals surface area contributed by atoms with Crippen LogP contribution in [0.3, 0.4) is 0 Å². The number of nitrogens with zero attached hydrogens (tertiary/aromatic N) is 3. The zero-order valence-electron chi connectivity index (χ0n) is 11.4. The number of amides is 1. The smallest absolute Gasteiger partial charge is 0.276 e. The lowest BCUT2D eigenvalue weighted by atomic mass is 10.2. The van der Waals surface area contributed by atoms with Gasteiger partial charge in [0.1, 0.15) is 5.69 Å². The molecule has 0 aliphatic carbocycles. The molecule has 3 aromatic heterocycles. The van der Waals surface area contributed by atoms with Crippen LogP contribution in [-0.4, -0.2) is 20.9 Å². The largest absolute Gasteiger partial charge is 0.296 e. The molecule has 5 nitrogen and oxygen atoms in total. The lowest BCUT2D eigenvalue weighted by molar-refractivity contribution is 0.102. The molecule has 4 rings (SSSR count). The molecule has 0 aliphatic rings. The Balaban J connectivity index is 1.65. The van der Waals surface area contributed by atoms with E-state index >= 15 is 0 Å². The van der Waals surface area contributed by atoms with Gasteiger partial charge in [0.2, 0.25) is 0 Å². The molecule has 0 atom stereocenters. The van der Waals surface area contributed by atoms with Crippen molar-refractivity contribution in [1.82, 2.24) is 15.0 Å². The van der Waals surface area contributed by atoms with Gasteiger partial charge in [-0.25, -0.2) is 9.97 Å². The Morgan fingerprint density at radius 2 is 1.77 bits per heavy atom. The molecule has 0 spiro atoms. The molecule has 4 aromatic rings. The fourth-order valence-corrected chi connectivity index (χ4v) is 3.03. The molecule has 0 fully saturated rings. The van der Waals surface area contributed by atoms with Crippen LogP contribution in [0, 0.1) is 0 Å². The van der Waals surface area contributed by atoms with Gasteiger partial charge in [-0.15, -0.1) is 0 Å². The number of nitrogens with one attached hydrogen (secondary N) is 1. The van der Waals surface area contributed by atoms with Gasteiger partial charge in [0.15, 0.2) is 5.13 Å². The summed E-state index contributed by atoms with van der Waals surface area (Å²) in [5.74, 6) is -0.273. The van der Waals surface area contributed by atoms with Crippen LogP contribution in [0.1, 0.15) is 10.5 Å². The van der Waals surface area contributed by atoms with Crippen molar-refractivity contribution in [1.29, 1.82) is 0 Å². The maximum atomic E-state index is 12.3. The first-order valence-electron chi connectivity index (χ1n) is 6.68. The predicted octanol–water partition coefficient (Wildman–Crippen LogP) is 3.49. The Labute approximate surface area is 129 Å². The SMILES string of the molecule is O=C(Nc1nc2ccccc2s1)c1ccc2ncccc2n1. The molecule has 0 saturated carbocycles. The van der Waals surface area contributed by atoms with Crippen molar-refractivity contribution < 1.29 is 4.79 Å². The molecular weight excluding hydrogens is 296 g/mol. The topological polar surface area (TPSA) is 67.8 Å². The minimum Gasteiger partial charge on any atom is -0.296 e. The highest BCUT2D eigenvalue weighted by atomic mass is 32.1. The van der Waals surface area contributed by atoms with E-state index in [2.05, 4.69) is 20.3 Å². The van der Waals surface area contributed by atoms with Gasteiger partial charge < -0.3 is 0 Å². The second-order valence-electron chi connectivity index (χ2n) is 4.68. The quantitative estimate of drug-likeness (QED) is 0.615. The highest BCUT2D eigenvalue weighted by Crippen LogP contribution is 2.25. The summed E-state index contributed by atoms with van der Waals surface area (Å²) in [5.41, 5.74) is 2.68. The minimum absolute atomic E-state index is 0.273. The second kappa shape index (κ2) is 5.16. The molecule has 106 valence electrons. The van der Waals surface area contributed by atoms with Crippen LogP contribution in [0.2, 0.25) is 0 Å². The van der Waals surface area contributed by atoms with E-state index in [4.69, 9.17) is 0 Å². The van der Waals surface area contributed by atoms with E-state index in [1.165, 1.54) is 11.3 Å². The van der Waals surface area contributed by atoms with Crippen LogP contribution in [0.4, 0.5) is 5.13 Å². The highest BCUT2D eigenvalue weighted by molar-refractivity contribution is 7.22. The molecule has 0 unspecified atom stereocenters. The third kappa shape index (κ3) is 2.29. The van der Waals surface area contributed by atoms with Crippen molar-refractivity contribution in [3.63, 3.8) is 0 Å².